The Hall–Kier alpha value is 0.0500. The summed E-state index contributed by atoms with van der Waals surface area (Å²) < 4.78 is -0.0598. The first-order valence-electron chi connectivity index (χ1n) is 12.7. The fraction of sp³-hybridized carbons (Fsp3) is 0.778. The lowest BCUT2D eigenvalue weighted by Gasteiger charge is -2.36. The first kappa shape index (κ1) is 31.0. The summed E-state index contributed by atoms with van der Waals surface area (Å²) in [5.74, 6) is 0. The zero-order valence-corrected chi connectivity index (χ0v) is 22.8. The maximum atomic E-state index is 6.55. The second-order valence-corrected chi connectivity index (χ2v) is 11.0. The van der Waals surface area contributed by atoms with Crippen LogP contribution < -0.4 is 12.4 Å². The highest BCUT2D eigenvalue weighted by Gasteiger charge is 2.45. The Labute approximate surface area is 210 Å². The van der Waals surface area contributed by atoms with Crippen molar-refractivity contribution in [1.82, 2.24) is 0 Å². The quantitative estimate of drug-likeness (QED) is 0.140. The van der Waals surface area contributed by atoms with E-state index in [2.05, 4.69) is 38.1 Å². The molecule has 1 aromatic rings. The summed E-state index contributed by atoms with van der Waals surface area (Å²) >= 11 is 13.1. The van der Waals surface area contributed by atoms with Gasteiger partial charge in [-0.25, -0.2) is 0 Å². The molecule has 0 spiro atoms. The predicted molar refractivity (Wildman–Crippen MR) is 136 cm³/mol. The van der Waals surface area contributed by atoms with Gasteiger partial charge in [-0.1, -0.05) is 134 Å². The number of rotatable bonds is 19. The van der Waals surface area contributed by atoms with Crippen molar-refractivity contribution in [2.45, 2.75) is 129 Å². The third-order valence-electron chi connectivity index (χ3n) is 6.78. The van der Waals surface area contributed by atoms with Crippen LogP contribution in [0.2, 0.25) is 0 Å². The van der Waals surface area contributed by atoms with E-state index in [1.54, 1.807) is 0 Å². The number of hydrogen-bond donors (Lipinski definition) is 0. The normalized spacial score (nSPS) is 13.6. The summed E-state index contributed by atoms with van der Waals surface area (Å²) in [5.41, 5.74) is 0.957. The number of halogens is 3. The van der Waals surface area contributed by atoms with Crippen LogP contribution in [0.5, 0.6) is 0 Å². The van der Waals surface area contributed by atoms with Crippen molar-refractivity contribution in [2.24, 2.45) is 0 Å². The number of unbranched alkanes of at least 4 members (excludes halogenated alkanes) is 15. The van der Waals surface area contributed by atoms with Crippen molar-refractivity contribution < 1.29 is 15.9 Å². The minimum Gasteiger partial charge on any atom is -1.00 e. The van der Waals surface area contributed by atoms with E-state index in [4.69, 9.17) is 23.6 Å². The molecule has 1 nitrogen and oxygen atoms in total. The summed E-state index contributed by atoms with van der Waals surface area (Å²) in [4.78, 5) is 0. The molecule has 0 saturated carbocycles. The van der Waals surface area contributed by atoms with E-state index in [1.807, 2.05) is 13.1 Å². The molecule has 0 aliphatic carbocycles. The number of quaternary nitrogens is 1. The van der Waals surface area contributed by atoms with Crippen molar-refractivity contribution in [2.75, 3.05) is 7.05 Å². The van der Waals surface area contributed by atoms with Gasteiger partial charge in [-0.3, -0.25) is 0 Å². The topological polar surface area (TPSA) is 0 Å². The van der Waals surface area contributed by atoms with Gasteiger partial charge < -0.3 is 12.4 Å². The van der Waals surface area contributed by atoms with Crippen LogP contribution in [0, 0.1) is 0 Å². The molecule has 0 heterocycles. The molecule has 0 radical (unpaired) electrons. The average Bonchev–Trinajstić information content (AvgIpc) is 2.73. The summed E-state index contributed by atoms with van der Waals surface area (Å²) in [7, 11) is 1.88. The van der Waals surface area contributed by atoms with Crippen LogP contribution in [-0.4, -0.2) is 10.6 Å². The van der Waals surface area contributed by atoms with E-state index in [0.717, 1.165) is 6.42 Å². The Morgan fingerprint density at radius 1 is 0.645 bits per heavy atom. The van der Waals surface area contributed by atoms with Crippen LogP contribution in [0.1, 0.15) is 129 Å². The highest BCUT2D eigenvalue weighted by molar-refractivity contribution is 6.23. The molecule has 0 aliphatic heterocycles. The van der Waals surface area contributed by atoms with Crippen LogP contribution in [-0.2, 0) is 5.54 Å². The van der Waals surface area contributed by atoms with Crippen LogP contribution in [0.25, 0.3) is 0 Å². The maximum absolute atomic E-state index is 6.55. The highest BCUT2D eigenvalue weighted by Crippen LogP contribution is 2.42. The average molecular weight is 493 g/mol. The van der Waals surface area contributed by atoms with Gasteiger partial charge in [-0.15, -0.1) is 3.52 Å². The van der Waals surface area contributed by atoms with Crippen LogP contribution in [0.3, 0.4) is 0 Å². The lowest BCUT2D eigenvalue weighted by molar-refractivity contribution is -0.743. The molecule has 182 valence electrons. The molecule has 1 rings (SSSR count). The molecule has 0 fully saturated rings. The van der Waals surface area contributed by atoms with Gasteiger partial charge in [0.15, 0.2) is 29.1 Å². The van der Waals surface area contributed by atoms with Gasteiger partial charge in [0, 0.05) is 12.0 Å². The van der Waals surface area contributed by atoms with Gasteiger partial charge in [0.1, 0.15) is 7.05 Å². The van der Waals surface area contributed by atoms with Crippen molar-refractivity contribution in [1.29, 1.82) is 0 Å². The van der Waals surface area contributed by atoms with Crippen molar-refractivity contribution in [3.8, 4) is 0 Å². The summed E-state index contributed by atoms with van der Waals surface area (Å²) in [6.45, 7) is 4.48. The number of nitrogens with zero attached hydrogens (tertiary/aromatic N) is 1. The second kappa shape index (κ2) is 18.5. The molecule has 1 unspecified atom stereocenters. The number of benzene rings is 1. The van der Waals surface area contributed by atoms with E-state index in [-0.39, 0.29) is 21.5 Å². The Morgan fingerprint density at radius 2 is 1.00 bits per heavy atom. The van der Waals surface area contributed by atoms with Gasteiger partial charge >= 0.3 is 0 Å². The molecule has 0 bridgehead atoms. The molecule has 0 saturated heterocycles. The smallest absolute Gasteiger partial charge is 0.187 e. The molecule has 0 amide bonds. The summed E-state index contributed by atoms with van der Waals surface area (Å²) in [6.07, 6.45) is 23.3. The van der Waals surface area contributed by atoms with Gasteiger partial charge in [0.25, 0.3) is 0 Å². The highest BCUT2D eigenvalue weighted by atomic mass is 35.5. The summed E-state index contributed by atoms with van der Waals surface area (Å²) in [5, 5.41) is 0. The van der Waals surface area contributed by atoms with Crippen LogP contribution in [0.4, 0.5) is 0 Å². The fourth-order valence-corrected chi connectivity index (χ4v) is 4.75. The standard InChI is InChI=1S/C27H48Cl2N.ClH/c1-4-5-6-7-8-9-10-11-12-13-14-15-16-17-18-22-25-27(2,30(3,28)29)26-23-20-19-21-24-26;/h19-21,23-24H,4-18,22,25H2,1-3H3;1H/q+1;/p-1. The monoisotopic (exact) mass is 491 g/mol. The zero-order chi connectivity index (χ0) is 22.1. The Kier molecular flexibility index (Phi) is 18.5. The Balaban J connectivity index is 0.00000900. The maximum Gasteiger partial charge on any atom is 0.187 e. The molecule has 1 atom stereocenters. The van der Waals surface area contributed by atoms with E-state index in [9.17, 15) is 0 Å². The lowest BCUT2D eigenvalue weighted by atomic mass is 9.86. The molecule has 0 N–H and O–H groups in total. The van der Waals surface area contributed by atoms with Gasteiger partial charge in [0.05, 0.1) is 0 Å². The molecule has 31 heavy (non-hydrogen) atoms. The molecular formula is C27H48Cl3N. The Bertz CT molecular complexity index is 515. The third-order valence-corrected chi connectivity index (χ3v) is 7.53. The molecule has 0 aliphatic rings. The van der Waals surface area contributed by atoms with E-state index < -0.39 is 0 Å². The van der Waals surface area contributed by atoms with Crippen molar-refractivity contribution in [3.05, 3.63) is 35.9 Å². The number of hydrogen-bond acceptors (Lipinski definition) is 0. The van der Waals surface area contributed by atoms with Crippen LogP contribution in [0.15, 0.2) is 30.3 Å². The SMILES string of the molecule is CCCCCCCCCCCCCCCCCCC(C)(c1ccccc1)[N+](C)(Cl)Cl.[Cl-]. The van der Waals surface area contributed by atoms with E-state index in [0.29, 0.717) is 0 Å². The van der Waals surface area contributed by atoms with Crippen molar-refractivity contribution in [3.63, 3.8) is 0 Å². The zero-order valence-electron chi connectivity index (χ0n) is 20.5. The van der Waals surface area contributed by atoms with Crippen molar-refractivity contribution >= 4 is 23.6 Å². The first-order valence-corrected chi connectivity index (χ1v) is 13.4. The predicted octanol–water partition coefficient (Wildman–Crippen LogP) is 7.31. The fourth-order valence-electron chi connectivity index (χ4n) is 4.38. The molecule has 1 aromatic carbocycles. The first-order chi connectivity index (χ1) is 14.4. The van der Waals surface area contributed by atoms with Gasteiger partial charge in [0.2, 0.25) is 0 Å². The largest absolute Gasteiger partial charge is 1.00 e. The lowest BCUT2D eigenvalue weighted by Crippen LogP contribution is -3.00. The van der Waals surface area contributed by atoms with Gasteiger partial charge in [-0.2, -0.15) is 0 Å². The minimum atomic E-state index is -0.264. The third kappa shape index (κ3) is 13.4. The molecule has 0 aromatic heterocycles. The second-order valence-electron chi connectivity index (χ2n) is 9.49. The minimum absolute atomic E-state index is 0. The van der Waals surface area contributed by atoms with E-state index in [1.165, 1.54) is 108 Å². The van der Waals surface area contributed by atoms with E-state index >= 15 is 0 Å². The molecular weight excluding hydrogens is 445 g/mol. The van der Waals surface area contributed by atoms with Gasteiger partial charge in [-0.05, 0) is 13.3 Å². The summed E-state index contributed by atoms with van der Waals surface area (Å²) in [6, 6.07) is 10.5. The van der Waals surface area contributed by atoms with Crippen LogP contribution >= 0.6 is 23.6 Å². The Morgan fingerprint density at radius 3 is 1.35 bits per heavy atom. The molecule has 4 heteroatoms.